The Kier molecular flexibility index (Phi) is 4.32. The number of nitrogens with zero attached hydrogens (tertiary/aromatic N) is 4. The van der Waals surface area contributed by atoms with E-state index in [1.54, 1.807) is 6.20 Å². The Hall–Kier alpha value is -2.76. The number of H-pyrrole nitrogens is 1. The first kappa shape index (κ1) is 15.1. The maximum Gasteiger partial charge on any atom is 0.180 e. The molecule has 3 heterocycles. The van der Waals surface area contributed by atoms with Crippen LogP contribution < -0.4 is 5.32 Å². The fourth-order valence-corrected chi connectivity index (χ4v) is 2.40. The van der Waals surface area contributed by atoms with Crippen LogP contribution in [0.2, 0.25) is 0 Å². The van der Waals surface area contributed by atoms with Gasteiger partial charge >= 0.3 is 0 Å². The van der Waals surface area contributed by atoms with Crippen molar-refractivity contribution < 1.29 is 0 Å². The molecule has 0 amide bonds. The van der Waals surface area contributed by atoms with E-state index in [0.717, 1.165) is 35.1 Å². The SMILES string of the molecule is CCC(Nc1cc(C)nc(-c2ccccn2)n1)c1ncc(C)[nH]1. The van der Waals surface area contributed by atoms with Crippen LogP contribution in [0.15, 0.2) is 36.7 Å². The number of nitrogens with one attached hydrogen (secondary N) is 2. The van der Waals surface area contributed by atoms with E-state index < -0.39 is 0 Å². The standard InChI is InChI=1S/C17H20N6/c1-4-13(16-19-10-12(3)21-16)22-15-9-11(2)20-17(23-15)14-7-5-6-8-18-14/h5-10,13H,4H2,1-3H3,(H,19,21)(H,20,22,23). The predicted octanol–water partition coefficient (Wildman–Crippen LogP) is 3.44. The van der Waals surface area contributed by atoms with Gasteiger partial charge in [-0.15, -0.1) is 0 Å². The Bertz CT molecular complexity index is 781. The van der Waals surface area contributed by atoms with E-state index in [9.17, 15) is 0 Å². The number of aryl methyl sites for hydroxylation is 2. The lowest BCUT2D eigenvalue weighted by atomic mass is 10.2. The minimum absolute atomic E-state index is 0.0783. The highest BCUT2D eigenvalue weighted by molar-refractivity contribution is 5.53. The van der Waals surface area contributed by atoms with E-state index in [2.05, 4.69) is 37.2 Å². The quantitative estimate of drug-likeness (QED) is 0.754. The fourth-order valence-electron chi connectivity index (χ4n) is 2.40. The molecule has 3 aromatic rings. The Morgan fingerprint density at radius 1 is 1.17 bits per heavy atom. The largest absolute Gasteiger partial charge is 0.360 e. The van der Waals surface area contributed by atoms with Gasteiger partial charge in [-0.2, -0.15) is 0 Å². The lowest BCUT2D eigenvalue weighted by molar-refractivity contribution is 0.698. The van der Waals surface area contributed by atoms with Crippen LogP contribution in [0.3, 0.4) is 0 Å². The van der Waals surface area contributed by atoms with E-state index in [1.165, 1.54) is 0 Å². The van der Waals surface area contributed by atoms with Gasteiger partial charge in [-0.25, -0.2) is 15.0 Å². The summed E-state index contributed by atoms with van der Waals surface area (Å²) >= 11 is 0. The molecule has 2 N–H and O–H groups in total. The van der Waals surface area contributed by atoms with E-state index in [1.807, 2.05) is 44.3 Å². The van der Waals surface area contributed by atoms with Gasteiger partial charge in [0.2, 0.25) is 0 Å². The number of imidazole rings is 1. The molecule has 3 aromatic heterocycles. The number of pyridine rings is 1. The molecule has 0 aromatic carbocycles. The van der Waals surface area contributed by atoms with Crippen molar-refractivity contribution in [1.29, 1.82) is 0 Å². The van der Waals surface area contributed by atoms with Crippen molar-refractivity contribution in [2.24, 2.45) is 0 Å². The van der Waals surface area contributed by atoms with Gasteiger partial charge in [0.05, 0.1) is 6.04 Å². The molecule has 0 radical (unpaired) electrons. The summed E-state index contributed by atoms with van der Waals surface area (Å²) in [5.74, 6) is 2.32. The smallest absolute Gasteiger partial charge is 0.180 e. The van der Waals surface area contributed by atoms with Gasteiger partial charge < -0.3 is 10.3 Å². The van der Waals surface area contributed by atoms with Crippen LogP contribution in [0.5, 0.6) is 0 Å². The molecular formula is C17H20N6. The molecule has 1 unspecified atom stereocenters. The van der Waals surface area contributed by atoms with Gasteiger partial charge in [0.15, 0.2) is 5.82 Å². The summed E-state index contributed by atoms with van der Waals surface area (Å²) in [5, 5.41) is 3.44. The molecule has 0 aliphatic carbocycles. The Morgan fingerprint density at radius 3 is 2.70 bits per heavy atom. The van der Waals surface area contributed by atoms with Gasteiger partial charge in [0.1, 0.15) is 17.3 Å². The molecule has 6 nitrogen and oxygen atoms in total. The molecule has 6 heteroatoms. The molecule has 1 atom stereocenters. The minimum Gasteiger partial charge on any atom is -0.360 e. The summed E-state index contributed by atoms with van der Waals surface area (Å²) in [6, 6.07) is 7.73. The first-order valence-corrected chi connectivity index (χ1v) is 7.71. The summed E-state index contributed by atoms with van der Waals surface area (Å²) in [6.45, 7) is 6.07. The number of aromatic nitrogens is 5. The van der Waals surface area contributed by atoms with Crippen LogP contribution in [0.1, 0.15) is 36.6 Å². The summed E-state index contributed by atoms with van der Waals surface area (Å²) < 4.78 is 0. The first-order valence-electron chi connectivity index (χ1n) is 7.71. The van der Waals surface area contributed by atoms with Crippen molar-refractivity contribution in [2.75, 3.05) is 5.32 Å². The highest BCUT2D eigenvalue weighted by Gasteiger charge is 2.14. The topological polar surface area (TPSA) is 79.4 Å². The van der Waals surface area contributed by atoms with Gasteiger partial charge in [-0.05, 0) is 32.4 Å². The molecule has 0 saturated heterocycles. The van der Waals surface area contributed by atoms with Crippen molar-refractivity contribution in [3.05, 3.63) is 53.9 Å². The van der Waals surface area contributed by atoms with Gasteiger partial charge in [-0.1, -0.05) is 13.0 Å². The van der Waals surface area contributed by atoms with Crippen molar-refractivity contribution in [3.63, 3.8) is 0 Å². The molecule has 0 bridgehead atoms. The lowest BCUT2D eigenvalue weighted by Gasteiger charge is -2.16. The Balaban J connectivity index is 1.89. The average molecular weight is 308 g/mol. The third-order valence-electron chi connectivity index (χ3n) is 3.53. The number of hydrogen-bond acceptors (Lipinski definition) is 5. The van der Waals surface area contributed by atoms with E-state index in [4.69, 9.17) is 0 Å². The average Bonchev–Trinajstić information content (AvgIpc) is 2.99. The van der Waals surface area contributed by atoms with Crippen LogP contribution in [-0.4, -0.2) is 24.9 Å². The number of hydrogen-bond donors (Lipinski definition) is 2. The van der Waals surface area contributed by atoms with E-state index in [-0.39, 0.29) is 6.04 Å². The summed E-state index contributed by atoms with van der Waals surface area (Å²) in [7, 11) is 0. The number of rotatable bonds is 5. The number of anilines is 1. The van der Waals surface area contributed by atoms with Gasteiger partial charge in [0.25, 0.3) is 0 Å². The van der Waals surface area contributed by atoms with Crippen molar-refractivity contribution in [3.8, 4) is 11.5 Å². The molecule has 0 saturated carbocycles. The molecular weight excluding hydrogens is 288 g/mol. The second-order valence-corrected chi connectivity index (χ2v) is 5.49. The zero-order chi connectivity index (χ0) is 16.2. The predicted molar refractivity (Wildman–Crippen MR) is 90.0 cm³/mol. The normalized spacial score (nSPS) is 12.1. The highest BCUT2D eigenvalue weighted by atomic mass is 15.1. The third kappa shape index (κ3) is 3.53. The van der Waals surface area contributed by atoms with Crippen molar-refractivity contribution in [1.82, 2.24) is 24.9 Å². The molecule has 0 aliphatic heterocycles. The molecule has 0 fully saturated rings. The minimum atomic E-state index is 0.0783. The maximum absolute atomic E-state index is 4.60. The molecule has 3 rings (SSSR count). The summed E-state index contributed by atoms with van der Waals surface area (Å²) in [4.78, 5) is 21.1. The van der Waals surface area contributed by atoms with E-state index >= 15 is 0 Å². The van der Waals surface area contributed by atoms with Crippen molar-refractivity contribution >= 4 is 5.82 Å². The molecule has 23 heavy (non-hydrogen) atoms. The van der Waals surface area contributed by atoms with Crippen LogP contribution >= 0.6 is 0 Å². The summed E-state index contributed by atoms with van der Waals surface area (Å²) in [6.07, 6.45) is 4.48. The summed E-state index contributed by atoms with van der Waals surface area (Å²) in [5.41, 5.74) is 2.71. The van der Waals surface area contributed by atoms with Gasteiger partial charge in [-0.3, -0.25) is 4.98 Å². The molecule has 0 aliphatic rings. The van der Waals surface area contributed by atoms with Crippen LogP contribution in [0.25, 0.3) is 11.5 Å². The second-order valence-electron chi connectivity index (χ2n) is 5.49. The zero-order valence-electron chi connectivity index (χ0n) is 13.5. The van der Waals surface area contributed by atoms with Crippen molar-refractivity contribution in [2.45, 2.75) is 33.2 Å². The maximum atomic E-state index is 4.60. The van der Waals surface area contributed by atoms with Crippen LogP contribution in [0, 0.1) is 13.8 Å². The third-order valence-corrected chi connectivity index (χ3v) is 3.53. The Morgan fingerprint density at radius 2 is 2.04 bits per heavy atom. The van der Waals surface area contributed by atoms with E-state index in [0.29, 0.717) is 5.82 Å². The zero-order valence-corrected chi connectivity index (χ0v) is 13.5. The molecule has 118 valence electrons. The van der Waals surface area contributed by atoms with Crippen LogP contribution in [0.4, 0.5) is 5.82 Å². The fraction of sp³-hybridized carbons (Fsp3) is 0.294. The monoisotopic (exact) mass is 308 g/mol. The molecule has 0 spiro atoms. The lowest BCUT2D eigenvalue weighted by Crippen LogP contribution is -2.13. The highest BCUT2D eigenvalue weighted by Crippen LogP contribution is 2.21. The van der Waals surface area contributed by atoms with Gasteiger partial charge in [0, 0.05) is 29.8 Å². The Labute approximate surface area is 135 Å². The van der Waals surface area contributed by atoms with Crippen LogP contribution in [-0.2, 0) is 0 Å². The number of aromatic amines is 1. The second kappa shape index (κ2) is 6.56. The first-order chi connectivity index (χ1) is 11.2.